The number of rotatable bonds is 3. The fourth-order valence-corrected chi connectivity index (χ4v) is 4.76. The Balaban J connectivity index is 1.56. The van der Waals surface area contributed by atoms with Crippen LogP contribution in [-0.4, -0.2) is 5.75 Å². The predicted octanol–water partition coefficient (Wildman–Crippen LogP) is 4.84. The van der Waals surface area contributed by atoms with Gasteiger partial charge in [-0.2, -0.15) is 0 Å². The minimum atomic E-state index is 0.108. The molecule has 2 atom stereocenters. The molecule has 1 fully saturated rings. The van der Waals surface area contributed by atoms with Crippen molar-refractivity contribution in [2.75, 3.05) is 5.75 Å². The molecule has 0 aromatic heterocycles. The second-order valence-electron chi connectivity index (χ2n) is 6.28. The predicted molar refractivity (Wildman–Crippen MR) is 89.9 cm³/mol. The van der Waals surface area contributed by atoms with Crippen LogP contribution in [0.3, 0.4) is 0 Å². The van der Waals surface area contributed by atoms with Crippen LogP contribution in [-0.2, 0) is 0 Å². The van der Waals surface area contributed by atoms with Gasteiger partial charge in [0.25, 0.3) is 0 Å². The first-order chi connectivity index (χ1) is 10.3. The fourth-order valence-electron chi connectivity index (χ4n) is 3.45. The van der Waals surface area contributed by atoms with E-state index in [9.17, 15) is 0 Å². The summed E-state index contributed by atoms with van der Waals surface area (Å²) in [5.74, 6) is 2.35. The summed E-state index contributed by atoms with van der Waals surface area (Å²) in [7, 11) is 0. The molecule has 0 radical (unpaired) electrons. The molecule has 1 aliphatic carbocycles. The molecular weight excluding hydrogens is 274 g/mol. The first-order valence-corrected chi connectivity index (χ1v) is 8.88. The van der Waals surface area contributed by atoms with Gasteiger partial charge < -0.3 is 5.73 Å². The highest BCUT2D eigenvalue weighted by Gasteiger charge is 2.29. The van der Waals surface area contributed by atoms with E-state index in [0.29, 0.717) is 5.92 Å². The van der Waals surface area contributed by atoms with Crippen molar-refractivity contribution in [1.29, 1.82) is 0 Å². The van der Waals surface area contributed by atoms with Crippen LogP contribution in [0.2, 0.25) is 0 Å². The van der Waals surface area contributed by atoms with Crippen LogP contribution in [0.25, 0.3) is 0 Å². The van der Waals surface area contributed by atoms with Crippen LogP contribution in [0.4, 0.5) is 0 Å². The van der Waals surface area contributed by atoms with Gasteiger partial charge in [-0.05, 0) is 41.5 Å². The Morgan fingerprint density at radius 1 is 1.00 bits per heavy atom. The van der Waals surface area contributed by atoms with Crippen LogP contribution in [0.5, 0.6) is 0 Å². The van der Waals surface area contributed by atoms with Gasteiger partial charge >= 0.3 is 0 Å². The largest absolute Gasteiger partial charge is 0.323 e. The molecule has 21 heavy (non-hydrogen) atoms. The number of nitrogens with two attached hydrogens (primary N) is 1. The van der Waals surface area contributed by atoms with Crippen LogP contribution < -0.4 is 5.73 Å². The Bertz CT molecular complexity index is 630. The van der Waals surface area contributed by atoms with Gasteiger partial charge in [0, 0.05) is 22.6 Å². The first kappa shape index (κ1) is 13.4. The third-order valence-corrected chi connectivity index (χ3v) is 6.28. The summed E-state index contributed by atoms with van der Waals surface area (Å²) in [4.78, 5) is 1.41. The summed E-state index contributed by atoms with van der Waals surface area (Å²) in [5, 5.41) is 0. The SMILES string of the molecule is NC(c1ccc(C2CCC2)cc1)C1CSc2ccccc21. The van der Waals surface area contributed by atoms with Crippen molar-refractivity contribution in [2.24, 2.45) is 5.73 Å². The molecule has 2 aromatic rings. The molecular formula is C19H21NS. The molecule has 108 valence electrons. The Morgan fingerprint density at radius 3 is 2.48 bits per heavy atom. The number of hydrogen-bond acceptors (Lipinski definition) is 2. The van der Waals surface area contributed by atoms with Gasteiger partial charge in [-0.15, -0.1) is 11.8 Å². The molecule has 0 saturated heterocycles. The van der Waals surface area contributed by atoms with Crippen molar-refractivity contribution < 1.29 is 0 Å². The van der Waals surface area contributed by atoms with Gasteiger partial charge in [-0.3, -0.25) is 0 Å². The number of fused-ring (bicyclic) bond motifs is 1. The molecule has 2 aliphatic rings. The van der Waals surface area contributed by atoms with E-state index in [-0.39, 0.29) is 6.04 Å². The van der Waals surface area contributed by atoms with Gasteiger partial charge in [-0.25, -0.2) is 0 Å². The van der Waals surface area contributed by atoms with E-state index >= 15 is 0 Å². The van der Waals surface area contributed by atoms with E-state index in [1.807, 2.05) is 11.8 Å². The van der Waals surface area contributed by atoms with E-state index in [1.54, 1.807) is 0 Å². The van der Waals surface area contributed by atoms with Crippen molar-refractivity contribution in [2.45, 2.75) is 42.0 Å². The fraction of sp³-hybridized carbons (Fsp3) is 0.368. The molecule has 0 bridgehead atoms. The lowest BCUT2D eigenvalue weighted by molar-refractivity contribution is 0.419. The average molecular weight is 295 g/mol. The van der Waals surface area contributed by atoms with Gasteiger partial charge in [0.05, 0.1) is 0 Å². The Hall–Kier alpha value is -1.25. The standard InChI is InChI=1S/C19H21NS/c20-19(17-12-21-18-7-2-1-6-16(17)18)15-10-8-14(9-11-15)13-4-3-5-13/h1-2,6-11,13,17,19H,3-5,12,20H2. The lowest BCUT2D eigenvalue weighted by Crippen LogP contribution is -2.20. The highest BCUT2D eigenvalue weighted by atomic mass is 32.2. The lowest BCUT2D eigenvalue weighted by Gasteiger charge is -2.26. The second-order valence-corrected chi connectivity index (χ2v) is 7.34. The van der Waals surface area contributed by atoms with E-state index in [2.05, 4.69) is 48.5 Å². The van der Waals surface area contributed by atoms with Crippen molar-refractivity contribution in [1.82, 2.24) is 0 Å². The molecule has 2 unspecified atom stereocenters. The molecule has 2 N–H and O–H groups in total. The molecule has 0 amide bonds. The van der Waals surface area contributed by atoms with E-state index in [0.717, 1.165) is 11.7 Å². The van der Waals surface area contributed by atoms with Crippen LogP contribution >= 0.6 is 11.8 Å². The average Bonchev–Trinajstić information content (AvgIpc) is 2.89. The van der Waals surface area contributed by atoms with Crippen LogP contribution in [0, 0.1) is 0 Å². The Morgan fingerprint density at radius 2 is 1.76 bits per heavy atom. The number of hydrogen-bond donors (Lipinski definition) is 1. The van der Waals surface area contributed by atoms with Crippen molar-refractivity contribution in [3.8, 4) is 0 Å². The maximum absolute atomic E-state index is 6.57. The van der Waals surface area contributed by atoms with Gasteiger partial charge in [0.2, 0.25) is 0 Å². The smallest absolute Gasteiger partial charge is 0.0373 e. The quantitative estimate of drug-likeness (QED) is 0.876. The van der Waals surface area contributed by atoms with E-state index in [1.165, 1.54) is 40.8 Å². The molecule has 4 rings (SSSR count). The molecule has 2 aromatic carbocycles. The third-order valence-electron chi connectivity index (χ3n) is 5.07. The zero-order valence-corrected chi connectivity index (χ0v) is 13.0. The van der Waals surface area contributed by atoms with E-state index < -0.39 is 0 Å². The molecule has 1 aliphatic heterocycles. The first-order valence-electron chi connectivity index (χ1n) is 7.90. The van der Waals surface area contributed by atoms with Crippen molar-refractivity contribution in [3.63, 3.8) is 0 Å². The maximum atomic E-state index is 6.57. The zero-order valence-electron chi connectivity index (χ0n) is 12.2. The minimum Gasteiger partial charge on any atom is -0.323 e. The van der Waals surface area contributed by atoms with E-state index in [4.69, 9.17) is 5.73 Å². The summed E-state index contributed by atoms with van der Waals surface area (Å²) < 4.78 is 0. The summed E-state index contributed by atoms with van der Waals surface area (Å²) in [6.45, 7) is 0. The Kier molecular flexibility index (Phi) is 3.52. The van der Waals surface area contributed by atoms with Crippen LogP contribution in [0.1, 0.15) is 53.8 Å². The summed E-state index contributed by atoms with van der Waals surface area (Å²) in [5.41, 5.74) is 10.8. The number of thioether (sulfide) groups is 1. The van der Waals surface area contributed by atoms with Crippen molar-refractivity contribution in [3.05, 3.63) is 65.2 Å². The summed E-state index contributed by atoms with van der Waals surface area (Å²) in [6.07, 6.45) is 4.11. The lowest BCUT2D eigenvalue weighted by atomic mass is 9.79. The van der Waals surface area contributed by atoms with Gasteiger partial charge in [-0.1, -0.05) is 48.9 Å². The third kappa shape index (κ3) is 2.41. The topological polar surface area (TPSA) is 26.0 Å². The monoisotopic (exact) mass is 295 g/mol. The Labute approximate surface area is 130 Å². The molecule has 1 nitrogen and oxygen atoms in total. The van der Waals surface area contributed by atoms with Crippen LogP contribution in [0.15, 0.2) is 53.4 Å². The molecule has 0 spiro atoms. The van der Waals surface area contributed by atoms with Crippen molar-refractivity contribution >= 4 is 11.8 Å². The highest BCUT2D eigenvalue weighted by Crippen LogP contribution is 2.45. The van der Waals surface area contributed by atoms with Gasteiger partial charge in [0.15, 0.2) is 0 Å². The van der Waals surface area contributed by atoms with Gasteiger partial charge in [0.1, 0.15) is 0 Å². The second kappa shape index (κ2) is 5.51. The maximum Gasteiger partial charge on any atom is 0.0373 e. The number of benzene rings is 2. The normalized spacial score (nSPS) is 22.6. The molecule has 2 heteroatoms. The molecule has 1 saturated carbocycles. The summed E-state index contributed by atoms with van der Waals surface area (Å²) >= 11 is 1.94. The highest BCUT2D eigenvalue weighted by molar-refractivity contribution is 7.99. The minimum absolute atomic E-state index is 0.108. The molecule has 1 heterocycles. The summed E-state index contributed by atoms with van der Waals surface area (Å²) in [6, 6.07) is 17.9. The zero-order chi connectivity index (χ0) is 14.2.